The average molecular weight is 657 g/mol. The summed E-state index contributed by atoms with van der Waals surface area (Å²) in [6.07, 6.45) is -1.72. The van der Waals surface area contributed by atoms with Gasteiger partial charge in [-0.25, -0.2) is 0 Å². The Morgan fingerprint density at radius 1 is 1.05 bits per heavy atom. The number of rotatable bonds is 12. The van der Waals surface area contributed by atoms with Crippen LogP contribution in [0.15, 0.2) is 36.4 Å². The molecule has 2 atom stereocenters. The van der Waals surface area contributed by atoms with E-state index in [1.165, 1.54) is 6.07 Å². The SMILES string of the molecule is CC(C)C[C@H](NCCCN)c1cc(C(F)(F)F)ccc1N1CCN(C(=O)[C@@H](Cc2ccc(Cl)cc2Cl)N2CCCC2=O)CC1. The van der Waals surface area contributed by atoms with Gasteiger partial charge >= 0.3 is 6.18 Å². The van der Waals surface area contributed by atoms with E-state index >= 15 is 0 Å². The molecule has 4 rings (SSSR count). The molecule has 0 unspecified atom stereocenters. The Labute approximate surface area is 267 Å². The van der Waals surface area contributed by atoms with Gasteiger partial charge in [-0.3, -0.25) is 9.59 Å². The minimum Gasteiger partial charge on any atom is -0.368 e. The lowest BCUT2D eigenvalue weighted by molar-refractivity contribution is -0.143. The monoisotopic (exact) mass is 655 g/mol. The average Bonchev–Trinajstić information content (AvgIpc) is 3.40. The first-order valence-electron chi connectivity index (χ1n) is 15.3. The number of likely N-dealkylation sites (tertiary alicyclic amines) is 1. The Balaban J connectivity index is 1.56. The number of carbonyl (C=O) groups excluding carboxylic acids is 2. The van der Waals surface area contributed by atoms with Crippen LogP contribution < -0.4 is 16.0 Å². The van der Waals surface area contributed by atoms with Gasteiger partial charge in [0.1, 0.15) is 6.04 Å². The summed E-state index contributed by atoms with van der Waals surface area (Å²) in [5, 5.41) is 4.37. The highest BCUT2D eigenvalue weighted by Gasteiger charge is 2.38. The maximum atomic E-state index is 14.0. The Hall–Kier alpha value is -2.53. The Kier molecular flexibility index (Phi) is 11.8. The maximum Gasteiger partial charge on any atom is 0.416 e. The molecule has 2 saturated heterocycles. The second kappa shape index (κ2) is 15.2. The molecule has 12 heteroatoms. The molecule has 3 N–H and O–H groups in total. The zero-order chi connectivity index (χ0) is 32.0. The molecular weight excluding hydrogens is 614 g/mol. The molecule has 0 aliphatic carbocycles. The van der Waals surface area contributed by atoms with E-state index in [4.69, 9.17) is 28.9 Å². The van der Waals surface area contributed by atoms with Crippen LogP contribution in [0.5, 0.6) is 0 Å². The molecule has 0 bridgehead atoms. The molecule has 2 aromatic rings. The van der Waals surface area contributed by atoms with Gasteiger partial charge in [0, 0.05) is 67.3 Å². The standard InChI is InChI=1S/C32H42Cl2F3N5O2/c1-21(2)17-27(39-11-4-10-38)25-19-23(32(35,36)37)7-9-28(25)40-13-15-41(16-14-40)31(44)29(42-12-3-5-30(42)43)18-22-6-8-24(33)20-26(22)34/h6-9,19-21,27,29,39H,3-5,10-18,38H2,1-2H3/t27-,29+/m0/s1. The summed E-state index contributed by atoms with van der Waals surface area (Å²) in [6.45, 7) is 7.34. The Morgan fingerprint density at radius 3 is 2.36 bits per heavy atom. The predicted octanol–water partition coefficient (Wildman–Crippen LogP) is 5.92. The number of alkyl halides is 3. The zero-order valence-electron chi connectivity index (χ0n) is 25.3. The quantitative estimate of drug-likeness (QED) is 0.278. The number of hydrogen-bond donors (Lipinski definition) is 2. The van der Waals surface area contributed by atoms with E-state index < -0.39 is 17.8 Å². The lowest BCUT2D eigenvalue weighted by Gasteiger charge is -2.40. The molecule has 0 spiro atoms. The summed E-state index contributed by atoms with van der Waals surface area (Å²) < 4.78 is 41.4. The van der Waals surface area contributed by atoms with Crippen molar-refractivity contribution in [2.24, 2.45) is 11.7 Å². The van der Waals surface area contributed by atoms with Gasteiger partial charge in [0.15, 0.2) is 0 Å². The normalized spacial score (nSPS) is 17.5. The summed E-state index contributed by atoms with van der Waals surface area (Å²) >= 11 is 12.5. The van der Waals surface area contributed by atoms with Crippen LogP contribution >= 0.6 is 23.2 Å². The Bertz CT molecular complexity index is 1300. The third kappa shape index (κ3) is 8.59. The smallest absolute Gasteiger partial charge is 0.368 e. The number of nitrogens with zero attached hydrogens (tertiary/aromatic N) is 3. The number of halogens is 5. The van der Waals surface area contributed by atoms with Crippen molar-refractivity contribution < 1.29 is 22.8 Å². The zero-order valence-corrected chi connectivity index (χ0v) is 26.8. The third-order valence-electron chi connectivity index (χ3n) is 8.34. The number of piperazine rings is 1. The largest absolute Gasteiger partial charge is 0.416 e. The molecule has 242 valence electrons. The molecular formula is C32H42Cl2F3N5O2. The second-order valence-corrected chi connectivity index (χ2v) is 12.9. The van der Waals surface area contributed by atoms with E-state index in [1.54, 1.807) is 34.1 Å². The highest BCUT2D eigenvalue weighted by atomic mass is 35.5. The van der Waals surface area contributed by atoms with Gasteiger partial charge in [-0.05, 0) is 79.7 Å². The summed E-state index contributed by atoms with van der Waals surface area (Å²) in [5.74, 6) is 0.0427. The van der Waals surface area contributed by atoms with E-state index in [0.717, 1.165) is 17.3 Å². The molecule has 2 aliphatic heterocycles. The summed E-state index contributed by atoms with van der Waals surface area (Å²) in [7, 11) is 0. The van der Waals surface area contributed by atoms with E-state index in [1.807, 2.05) is 13.8 Å². The molecule has 2 fully saturated rings. The van der Waals surface area contributed by atoms with Crippen LogP contribution in [-0.2, 0) is 22.2 Å². The topological polar surface area (TPSA) is 81.9 Å². The van der Waals surface area contributed by atoms with Crippen molar-refractivity contribution in [1.29, 1.82) is 0 Å². The van der Waals surface area contributed by atoms with Gasteiger partial charge in [0.2, 0.25) is 11.8 Å². The third-order valence-corrected chi connectivity index (χ3v) is 8.93. The first-order chi connectivity index (χ1) is 20.9. The minimum atomic E-state index is -4.47. The summed E-state index contributed by atoms with van der Waals surface area (Å²) in [6, 6.07) is 8.10. The van der Waals surface area contributed by atoms with E-state index in [-0.39, 0.29) is 30.2 Å². The van der Waals surface area contributed by atoms with Crippen LogP contribution in [0.3, 0.4) is 0 Å². The molecule has 2 aromatic carbocycles. The first-order valence-corrected chi connectivity index (χ1v) is 16.1. The molecule has 2 amide bonds. The number of nitrogens with two attached hydrogens (primary N) is 1. The fraction of sp³-hybridized carbons (Fsp3) is 0.562. The second-order valence-electron chi connectivity index (χ2n) is 12.0. The van der Waals surface area contributed by atoms with Crippen LogP contribution in [0.25, 0.3) is 0 Å². The van der Waals surface area contributed by atoms with Crippen molar-refractivity contribution in [3.05, 3.63) is 63.1 Å². The summed E-state index contributed by atoms with van der Waals surface area (Å²) in [5.41, 5.74) is 7.07. The summed E-state index contributed by atoms with van der Waals surface area (Å²) in [4.78, 5) is 32.2. The van der Waals surface area contributed by atoms with Crippen LogP contribution in [-0.4, -0.2) is 73.5 Å². The van der Waals surface area contributed by atoms with Gasteiger partial charge in [-0.2, -0.15) is 13.2 Å². The predicted molar refractivity (Wildman–Crippen MR) is 169 cm³/mol. The van der Waals surface area contributed by atoms with E-state index in [9.17, 15) is 22.8 Å². The van der Waals surface area contributed by atoms with Gasteiger partial charge in [0.25, 0.3) is 0 Å². The highest BCUT2D eigenvalue weighted by molar-refractivity contribution is 6.35. The Morgan fingerprint density at radius 2 is 1.77 bits per heavy atom. The van der Waals surface area contributed by atoms with Gasteiger partial charge in [-0.15, -0.1) is 0 Å². The molecule has 0 aromatic heterocycles. The van der Waals surface area contributed by atoms with Crippen LogP contribution in [0, 0.1) is 5.92 Å². The van der Waals surface area contributed by atoms with Crippen LogP contribution in [0.2, 0.25) is 10.0 Å². The van der Waals surface area contributed by atoms with Crippen LogP contribution in [0.1, 0.15) is 62.3 Å². The number of benzene rings is 2. The first kappa shape index (κ1) is 34.3. The molecule has 44 heavy (non-hydrogen) atoms. The molecule has 2 heterocycles. The molecule has 7 nitrogen and oxygen atoms in total. The van der Waals surface area contributed by atoms with Crippen molar-refractivity contribution >= 4 is 40.7 Å². The minimum absolute atomic E-state index is 0.0557. The molecule has 0 radical (unpaired) electrons. The van der Waals surface area contributed by atoms with Crippen molar-refractivity contribution in [2.75, 3.05) is 50.7 Å². The molecule has 2 aliphatic rings. The number of amides is 2. The lowest BCUT2D eigenvalue weighted by Crippen LogP contribution is -2.56. The van der Waals surface area contributed by atoms with E-state index in [2.05, 4.69) is 10.2 Å². The van der Waals surface area contributed by atoms with Crippen molar-refractivity contribution in [2.45, 2.75) is 64.2 Å². The number of anilines is 1. The van der Waals surface area contributed by atoms with Crippen molar-refractivity contribution in [3.63, 3.8) is 0 Å². The maximum absolute atomic E-state index is 14.0. The van der Waals surface area contributed by atoms with Crippen molar-refractivity contribution in [1.82, 2.24) is 15.1 Å². The highest BCUT2D eigenvalue weighted by Crippen LogP contribution is 2.37. The van der Waals surface area contributed by atoms with Crippen molar-refractivity contribution in [3.8, 4) is 0 Å². The fourth-order valence-electron chi connectivity index (χ4n) is 6.07. The van der Waals surface area contributed by atoms with Gasteiger partial charge in [-0.1, -0.05) is 43.1 Å². The van der Waals surface area contributed by atoms with Gasteiger partial charge < -0.3 is 25.8 Å². The number of hydrogen-bond acceptors (Lipinski definition) is 5. The van der Waals surface area contributed by atoms with Gasteiger partial charge in [0.05, 0.1) is 5.56 Å². The number of carbonyl (C=O) groups is 2. The van der Waals surface area contributed by atoms with Crippen LogP contribution in [0.4, 0.5) is 18.9 Å². The fourth-order valence-corrected chi connectivity index (χ4v) is 6.56. The number of nitrogens with one attached hydrogen (secondary N) is 1. The van der Waals surface area contributed by atoms with E-state index in [0.29, 0.717) is 87.1 Å². The lowest BCUT2D eigenvalue weighted by atomic mass is 9.93. The molecule has 0 saturated carbocycles.